The molecular formula is C15H24N4O3S. The second-order valence-electron chi connectivity index (χ2n) is 6.61. The Kier molecular flexibility index (Phi) is 4.72. The molecule has 1 atom stereocenters. The van der Waals surface area contributed by atoms with Crippen molar-refractivity contribution in [2.45, 2.75) is 31.8 Å². The van der Waals surface area contributed by atoms with Crippen molar-refractivity contribution in [3.8, 4) is 0 Å². The molecule has 1 saturated heterocycles. The van der Waals surface area contributed by atoms with Gasteiger partial charge in [-0.15, -0.1) is 0 Å². The van der Waals surface area contributed by atoms with Gasteiger partial charge < -0.3 is 14.4 Å². The molecular weight excluding hydrogens is 316 g/mol. The van der Waals surface area contributed by atoms with Gasteiger partial charge in [-0.3, -0.25) is 4.79 Å². The molecule has 2 aliphatic rings. The third-order valence-corrected chi connectivity index (χ3v) is 5.58. The van der Waals surface area contributed by atoms with E-state index in [-0.39, 0.29) is 24.1 Å². The third kappa shape index (κ3) is 4.11. The fourth-order valence-electron chi connectivity index (χ4n) is 3.42. The number of rotatable bonds is 5. The molecule has 7 nitrogen and oxygen atoms in total. The highest BCUT2D eigenvalue weighted by molar-refractivity contribution is 7.90. The Labute approximate surface area is 137 Å². The van der Waals surface area contributed by atoms with Crippen LogP contribution < -0.4 is 0 Å². The first-order valence-corrected chi connectivity index (χ1v) is 10.2. The maximum atomic E-state index is 12.4. The van der Waals surface area contributed by atoms with Crippen LogP contribution in [0, 0.1) is 0 Å². The lowest BCUT2D eigenvalue weighted by Gasteiger charge is -2.36. The normalized spacial score (nSPS) is 22.3. The molecule has 1 aromatic heterocycles. The van der Waals surface area contributed by atoms with Crippen molar-refractivity contribution in [1.29, 1.82) is 0 Å². The molecule has 23 heavy (non-hydrogen) atoms. The van der Waals surface area contributed by atoms with E-state index in [2.05, 4.69) is 14.5 Å². The zero-order valence-corrected chi connectivity index (χ0v) is 14.3. The Morgan fingerprint density at radius 1 is 1.35 bits per heavy atom. The molecule has 0 aliphatic carbocycles. The van der Waals surface area contributed by atoms with Gasteiger partial charge in [0.2, 0.25) is 5.91 Å². The summed E-state index contributed by atoms with van der Waals surface area (Å²) < 4.78 is 24.7. The molecule has 1 aromatic rings. The monoisotopic (exact) mass is 340 g/mol. The summed E-state index contributed by atoms with van der Waals surface area (Å²) in [5.74, 6) is -0.174. The Morgan fingerprint density at radius 3 is 2.78 bits per heavy atom. The van der Waals surface area contributed by atoms with Crippen LogP contribution in [-0.4, -0.2) is 71.9 Å². The van der Waals surface area contributed by atoms with E-state index in [0.717, 1.165) is 25.3 Å². The average molecular weight is 340 g/mol. The minimum Gasteiger partial charge on any atom is -0.335 e. The number of carbonyl (C=O) groups is 1. The number of fused-ring (bicyclic) bond motifs is 1. The topological polar surface area (TPSA) is 75.5 Å². The quantitative estimate of drug-likeness (QED) is 0.770. The van der Waals surface area contributed by atoms with Gasteiger partial charge in [-0.1, -0.05) is 0 Å². The van der Waals surface area contributed by atoms with Crippen LogP contribution in [0.2, 0.25) is 0 Å². The fourth-order valence-corrected chi connectivity index (χ4v) is 3.96. The van der Waals surface area contributed by atoms with Gasteiger partial charge >= 0.3 is 0 Å². The van der Waals surface area contributed by atoms with E-state index in [9.17, 15) is 13.2 Å². The van der Waals surface area contributed by atoms with Crippen molar-refractivity contribution < 1.29 is 13.2 Å². The number of hydrogen-bond donors (Lipinski definition) is 0. The number of hydrogen-bond acceptors (Lipinski definition) is 5. The second-order valence-corrected chi connectivity index (χ2v) is 8.87. The first-order chi connectivity index (χ1) is 10.9. The van der Waals surface area contributed by atoms with E-state index in [4.69, 9.17) is 0 Å². The highest BCUT2D eigenvalue weighted by Crippen LogP contribution is 2.23. The molecule has 0 radical (unpaired) electrons. The summed E-state index contributed by atoms with van der Waals surface area (Å²) in [5, 5.41) is 0. The lowest BCUT2D eigenvalue weighted by Crippen LogP contribution is -2.44. The van der Waals surface area contributed by atoms with E-state index < -0.39 is 9.84 Å². The second kappa shape index (κ2) is 6.60. The van der Waals surface area contributed by atoms with Crippen LogP contribution >= 0.6 is 0 Å². The summed E-state index contributed by atoms with van der Waals surface area (Å²) in [6, 6.07) is 0.196. The van der Waals surface area contributed by atoms with E-state index in [0.29, 0.717) is 13.1 Å². The Morgan fingerprint density at radius 2 is 2.09 bits per heavy atom. The van der Waals surface area contributed by atoms with Gasteiger partial charge in [0, 0.05) is 32.0 Å². The van der Waals surface area contributed by atoms with E-state index in [1.54, 1.807) is 11.1 Å². The van der Waals surface area contributed by atoms with Gasteiger partial charge in [-0.25, -0.2) is 13.4 Å². The number of aromatic nitrogens is 2. The summed E-state index contributed by atoms with van der Waals surface area (Å²) in [7, 11) is -3.11. The Hall–Kier alpha value is -1.41. The van der Waals surface area contributed by atoms with E-state index >= 15 is 0 Å². The molecule has 128 valence electrons. The zero-order chi connectivity index (χ0) is 16.4. The molecule has 3 heterocycles. The maximum Gasteiger partial charge on any atom is 0.224 e. The largest absolute Gasteiger partial charge is 0.335 e. The number of carbonyl (C=O) groups excluding carboxylic acids is 1. The first-order valence-electron chi connectivity index (χ1n) is 8.11. The van der Waals surface area contributed by atoms with Crippen molar-refractivity contribution in [2.75, 3.05) is 38.2 Å². The lowest BCUT2D eigenvalue weighted by molar-refractivity contribution is -0.132. The standard InChI is InChI=1S/C15H24N4O3S/c1-23(21,22)7-4-15(20)18-10-13-8-16-12-19(13)14(11-18)9-17-5-2-3-6-17/h8,12,14H,2-7,9-11H2,1H3. The molecule has 0 spiro atoms. The zero-order valence-electron chi connectivity index (χ0n) is 13.5. The molecule has 3 rings (SSSR count). The Bertz CT molecular complexity index is 664. The highest BCUT2D eigenvalue weighted by atomic mass is 32.2. The molecule has 0 N–H and O–H groups in total. The SMILES string of the molecule is CS(=O)(=O)CCC(=O)N1Cc2cncn2C(CN2CCCC2)C1. The predicted octanol–water partition coefficient (Wildman–Crippen LogP) is 0.297. The molecule has 0 saturated carbocycles. The molecule has 2 aliphatic heterocycles. The molecule has 0 aromatic carbocycles. The first kappa shape index (κ1) is 16.4. The third-order valence-electron chi connectivity index (χ3n) is 4.63. The van der Waals surface area contributed by atoms with Crippen molar-refractivity contribution in [3.05, 3.63) is 18.2 Å². The number of imidazole rings is 1. The maximum absolute atomic E-state index is 12.4. The van der Waals surface area contributed by atoms with Gasteiger partial charge in [0.05, 0.1) is 30.4 Å². The van der Waals surface area contributed by atoms with Gasteiger partial charge in [-0.05, 0) is 25.9 Å². The summed E-state index contributed by atoms with van der Waals surface area (Å²) in [5.41, 5.74) is 1.02. The van der Waals surface area contributed by atoms with Gasteiger partial charge in [-0.2, -0.15) is 0 Å². The van der Waals surface area contributed by atoms with Crippen molar-refractivity contribution in [2.24, 2.45) is 0 Å². The molecule has 8 heteroatoms. The highest BCUT2D eigenvalue weighted by Gasteiger charge is 2.29. The lowest BCUT2D eigenvalue weighted by atomic mass is 10.1. The van der Waals surface area contributed by atoms with Gasteiger partial charge in [0.15, 0.2) is 0 Å². The van der Waals surface area contributed by atoms with E-state index in [1.165, 1.54) is 19.1 Å². The van der Waals surface area contributed by atoms with E-state index in [1.807, 2.05) is 6.33 Å². The van der Waals surface area contributed by atoms with Crippen LogP contribution in [0.5, 0.6) is 0 Å². The average Bonchev–Trinajstić information content (AvgIpc) is 3.14. The summed E-state index contributed by atoms with van der Waals surface area (Å²) in [4.78, 5) is 20.8. The van der Waals surface area contributed by atoms with Crippen molar-refractivity contribution >= 4 is 15.7 Å². The van der Waals surface area contributed by atoms with Crippen LogP contribution in [0.1, 0.15) is 31.0 Å². The number of amides is 1. The molecule has 0 bridgehead atoms. The minimum absolute atomic E-state index is 0.0589. The Balaban J connectivity index is 1.68. The molecule has 1 amide bonds. The summed E-state index contributed by atoms with van der Waals surface area (Å²) in [6.45, 7) is 4.28. The van der Waals surface area contributed by atoms with Crippen LogP contribution in [0.25, 0.3) is 0 Å². The molecule has 1 fully saturated rings. The van der Waals surface area contributed by atoms with Crippen LogP contribution in [0.15, 0.2) is 12.5 Å². The number of likely N-dealkylation sites (tertiary alicyclic amines) is 1. The van der Waals surface area contributed by atoms with Crippen LogP contribution in [-0.2, 0) is 21.2 Å². The smallest absolute Gasteiger partial charge is 0.224 e. The number of sulfone groups is 1. The summed E-state index contributed by atoms with van der Waals surface area (Å²) in [6.07, 6.45) is 7.34. The fraction of sp³-hybridized carbons (Fsp3) is 0.733. The predicted molar refractivity (Wildman–Crippen MR) is 86.7 cm³/mol. The minimum atomic E-state index is -3.11. The summed E-state index contributed by atoms with van der Waals surface area (Å²) >= 11 is 0. The van der Waals surface area contributed by atoms with Crippen molar-refractivity contribution in [1.82, 2.24) is 19.4 Å². The number of nitrogens with zero attached hydrogens (tertiary/aromatic N) is 4. The van der Waals surface area contributed by atoms with Gasteiger partial charge in [0.1, 0.15) is 9.84 Å². The molecule has 1 unspecified atom stereocenters. The van der Waals surface area contributed by atoms with Crippen LogP contribution in [0.3, 0.4) is 0 Å². The van der Waals surface area contributed by atoms with Crippen LogP contribution in [0.4, 0.5) is 0 Å². The van der Waals surface area contributed by atoms with Gasteiger partial charge in [0.25, 0.3) is 0 Å². The van der Waals surface area contributed by atoms with Crippen molar-refractivity contribution in [3.63, 3.8) is 0 Å².